The lowest BCUT2D eigenvalue weighted by atomic mass is 10.4. The van der Waals surface area contributed by atoms with Gasteiger partial charge in [-0.15, -0.1) is 12.4 Å². The largest absolute Gasteiger partial charge is 0.315 e. The first-order chi connectivity index (χ1) is 8.51. The molecule has 0 amide bonds. The van der Waals surface area contributed by atoms with E-state index < -0.39 is 10.0 Å². The SMILES string of the molecule is Cl.O=S(=O)(c1ccc(Br)c(Cl)c1)N1CCCNCC1. The molecule has 0 bridgehead atoms. The summed E-state index contributed by atoms with van der Waals surface area (Å²) in [5.74, 6) is 0. The van der Waals surface area contributed by atoms with Gasteiger partial charge in [0, 0.05) is 24.1 Å². The van der Waals surface area contributed by atoms with Gasteiger partial charge in [0.1, 0.15) is 0 Å². The molecule has 0 atom stereocenters. The molecule has 108 valence electrons. The van der Waals surface area contributed by atoms with E-state index in [1.54, 1.807) is 12.1 Å². The summed E-state index contributed by atoms with van der Waals surface area (Å²) in [6, 6.07) is 4.72. The van der Waals surface area contributed by atoms with Crippen LogP contribution in [0.3, 0.4) is 0 Å². The molecule has 1 heterocycles. The zero-order valence-electron chi connectivity index (χ0n) is 10.1. The van der Waals surface area contributed by atoms with E-state index in [9.17, 15) is 8.42 Å². The van der Waals surface area contributed by atoms with Crippen molar-refractivity contribution in [2.45, 2.75) is 11.3 Å². The van der Waals surface area contributed by atoms with Crippen molar-refractivity contribution in [3.8, 4) is 0 Å². The molecule has 19 heavy (non-hydrogen) atoms. The van der Waals surface area contributed by atoms with E-state index in [2.05, 4.69) is 21.2 Å². The lowest BCUT2D eigenvalue weighted by Crippen LogP contribution is -2.34. The van der Waals surface area contributed by atoms with Gasteiger partial charge in [-0.05, 0) is 47.1 Å². The Labute approximate surface area is 133 Å². The third kappa shape index (κ3) is 4.06. The van der Waals surface area contributed by atoms with E-state index in [1.165, 1.54) is 10.4 Å². The van der Waals surface area contributed by atoms with Gasteiger partial charge >= 0.3 is 0 Å². The van der Waals surface area contributed by atoms with Crippen LogP contribution in [0.15, 0.2) is 27.6 Å². The van der Waals surface area contributed by atoms with Crippen LogP contribution in [0.25, 0.3) is 0 Å². The van der Waals surface area contributed by atoms with Crippen LogP contribution in [0.2, 0.25) is 5.02 Å². The molecule has 1 aromatic rings. The summed E-state index contributed by atoms with van der Waals surface area (Å²) < 4.78 is 27.1. The fraction of sp³-hybridized carbons (Fsp3) is 0.455. The highest BCUT2D eigenvalue weighted by atomic mass is 79.9. The van der Waals surface area contributed by atoms with E-state index in [0.29, 0.717) is 29.1 Å². The smallest absolute Gasteiger partial charge is 0.243 e. The molecule has 0 radical (unpaired) electrons. The van der Waals surface area contributed by atoms with Crippen LogP contribution >= 0.6 is 39.9 Å². The summed E-state index contributed by atoms with van der Waals surface area (Å²) >= 11 is 9.20. The monoisotopic (exact) mass is 388 g/mol. The molecule has 1 aromatic carbocycles. The van der Waals surface area contributed by atoms with E-state index >= 15 is 0 Å². The highest BCUT2D eigenvalue weighted by Gasteiger charge is 2.25. The van der Waals surface area contributed by atoms with Crippen molar-refractivity contribution in [2.75, 3.05) is 26.2 Å². The zero-order chi connectivity index (χ0) is 13.2. The summed E-state index contributed by atoms with van der Waals surface area (Å²) in [6.45, 7) is 2.58. The minimum absolute atomic E-state index is 0. The number of hydrogen-bond donors (Lipinski definition) is 1. The Morgan fingerprint density at radius 2 is 2.00 bits per heavy atom. The van der Waals surface area contributed by atoms with Gasteiger partial charge in [0.05, 0.1) is 9.92 Å². The van der Waals surface area contributed by atoms with Crippen molar-refractivity contribution >= 4 is 50.0 Å². The van der Waals surface area contributed by atoms with E-state index in [0.717, 1.165) is 13.0 Å². The van der Waals surface area contributed by atoms with Crippen LogP contribution in [-0.2, 0) is 10.0 Å². The normalized spacial score (nSPS) is 17.6. The van der Waals surface area contributed by atoms with Gasteiger partial charge in [-0.25, -0.2) is 8.42 Å². The van der Waals surface area contributed by atoms with Crippen molar-refractivity contribution < 1.29 is 8.42 Å². The van der Waals surface area contributed by atoms with Crippen LogP contribution in [0.1, 0.15) is 6.42 Å². The quantitative estimate of drug-likeness (QED) is 0.845. The molecule has 2 rings (SSSR count). The first kappa shape index (κ1) is 17.2. The Bertz CT molecular complexity index is 531. The van der Waals surface area contributed by atoms with Gasteiger partial charge in [-0.1, -0.05) is 11.6 Å². The number of benzene rings is 1. The van der Waals surface area contributed by atoms with Gasteiger partial charge in [0.15, 0.2) is 0 Å². The predicted octanol–water partition coefficient (Wildman–Crippen LogP) is 2.51. The molecule has 0 aliphatic carbocycles. The van der Waals surface area contributed by atoms with Gasteiger partial charge in [-0.3, -0.25) is 0 Å². The summed E-state index contributed by atoms with van der Waals surface area (Å²) in [5.41, 5.74) is 0. The molecule has 1 saturated heterocycles. The Morgan fingerprint density at radius 3 is 2.68 bits per heavy atom. The van der Waals surface area contributed by atoms with E-state index in [-0.39, 0.29) is 17.3 Å². The summed E-state index contributed by atoms with van der Waals surface area (Å²) in [6.07, 6.45) is 0.823. The fourth-order valence-corrected chi connectivity index (χ4v) is 3.85. The summed E-state index contributed by atoms with van der Waals surface area (Å²) in [4.78, 5) is 0.248. The third-order valence-corrected chi connectivity index (χ3v) is 5.96. The average Bonchev–Trinajstić information content (AvgIpc) is 2.61. The molecule has 0 unspecified atom stereocenters. The zero-order valence-corrected chi connectivity index (χ0v) is 14.1. The fourth-order valence-electron chi connectivity index (χ4n) is 1.85. The second-order valence-electron chi connectivity index (χ2n) is 4.08. The maximum atomic E-state index is 12.4. The van der Waals surface area contributed by atoms with Crippen LogP contribution in [0.4, 0.5) is 0 Å². The minimum Gasteiger partial charge on any atom is -0.315 e. The van der Waals surface area contributed by atoms with Crippen LogP contribution in [-0.4, -0.2) is 38.9 Å². The number of hydrogen-bond acceptors (Lipinski definition) is 3. The van der Waals surface area contributed by atoms with Gasteiger partial charge in [-0.2, -0.15) is 4.31 Å². The third-order valence-electron chi connectivity index (χ3n) is 2.83. The van der Waals surface area contributed by atoms with E-state index in [1.807, 2.05) is 0 Å². The van der Waals surface area contributed by atoms with Gasteiger partial charge in [0.25, 0.3) is 0 Å². The van der Waals surface area contributed by atoms with Crippen molar-refractivity contribution in [1.29, 1.82) is 0 Å². The Kier molecular flexibility index (Phi) is 6.56. The Morgan fingerprint density at radius 1 is 1.26 bits per heavy atom. The second kappa shape index (κ2) is 7.24. The number of rotatable bonds is 2. The molecular weight excluding hydrogens is 375 g/mol. The van der Waals surface area contributed by atoms with Crippen LogP contribution in [0, 0.1) is 0 Å². The predicted molar refractivity (Wildman–Crippen MR) is 82.6 cm³/mol. The average molecular weight is 390 g/mol. The summed E-state index contributed by atoms with van der Waals surface area (Å²) in [5, 5.41) is 3.59. The molecule has 0 spiro atoms. The molecule has 1 aliphatic rings. The number of sulfonamides is 1. The molecule has 8 heteroatoms. The maximum absolute atomic E-state index is 12.4. The summed E-state index contributed by atoms with van der Waals surface area (Å²) in [7, 11) is -3.44. The molecule has 1 N–H and O–H groups in total. The molecule has 0 saturated carbocycles. The number of nitrogens with zero attached hydrogens (tertiary/aromatic N) is 1. The molecule has 0 aromatic heterocycles. The van der Waals surface area contributed by atoms with E-state index in [4.69, 9.17) is 11.6 Å². The molecule has 1 aliphatic heterocycles. The Balaban J connectivity index is 0.00000180. The molecule has 1 fully saturated rings. The molecule has 4 nitrogen and oxygen atoms in total. The topological polar surface area (TPSA) is 49.4 Å². The minimum atomic E-state index is -3.44. The maximum Gasteiger partial charge on any atom is 0.243 e. The second-order valence-corrected chi connectivity index (χ2v) is 7.28. The Hall–Kier alpha value is 0.150. The first-order valence-corrected chi connectivity index (χ1v) is 8.29. The van der Waals surface area contributed by atoms with Gasteiger partial charge < -0.3 is 5.32 Å². The van der Waals surface area contributed by atoms with Crippen molar-refractivity contribution in [3.63, 3.8) is 0 Å². The number of halogens is 3. The standard InChI is InChI=1S/C11H14BrClN2O2S.ClH/c12-10-3-2-9(8-11(10)13)18(16,17)15-6-1-4-14-5-7-15;/h2-3,8,14H,1,4-7H2;1H. The van der Waals surface area contributed by atoms with Crippen molar-refractivity contribution in [3.05, 3.63) is 27.7 Å². The van der Waals surface area contributed by atoms with Crippen LogP contribution < -0.4 is 5.32 Å². The first-order valence-electron chi connectivity index (χ1n) is 5.68. The highest BCUT2D eigenvalue weighted by molar-refractivity contribution is 9.10. The van der Waals surface area contributed by atoms with Crippen molar-refractivity contribution in [1.82, 2.24) is 9.62 Å². The lowest BCUT2D eigenvalue weighted by Gasteiger charge is -2.19. The van der Waals surface area contributed by atoms with Crippen molar-refractivity contribution in [2.24, 2.45) is 0 Å². The highest BCUT2D eigenvalue weighted by Crippen LogP contribution is 2.27. The lowest BCUT2D eigenvalue weighted by molar-refractivity contribution is 0.432. The van der Waals surface area contributed by atoms with Crippen LogP contribution in [0.5, 0.6) is 0 Å². The molecular formula is C11H15BrCl2N2O2S. The number of nitrogens with one attached hydrogen (secondary N) is 1. The van der Waals surface area contributed by atoms with Gasteiger partial charge in [0.2, 0.25) is 10.0 Å².